The van der Waals surface area contributed by atoms with E-state index in [1.165, 1.54) is 0 Å². The smallest absolute Gasteiger partial charge is 0.175 e. The van der Waals surface area contributed by atoms with Crippen LogP contribution in [-0.4, -0.2) is 10.3 Å². The van der Waals surface area contributed by atoms with E-state index in [0.717, 1.165) is 27.8 Å². The van der Waals surface area contributed by atoms with Crippen LogP contribution in [0.25, 0.3) is 33.7 Å². The van der Waals surface area contributed by atoms with Gasteiger partial charge in [-0.3, -0.25) is 0 Å². The first-order valence-corrected chi connectivity index (χ1v) is 9.11. The predicted molar refractivity (Wildman–Crippen MR) is 109 cm³/mol. The summed E-state index contributed by atoms with van der Waals surface area (Å²) in [4.78, 5) is 0. The van der Waals surface area contributed by atoms with Crippen molar-refractivity contribution in [1.29, 1.82) is 0 Å². The molecule has 27 heavy (non-hydrogen) atoms. The molecule has 0 radical (unpaired) electrons. The lowest BCUT2D eigenvalue weighted by Gasteiger charge is -2.10. The number of nitrogens with zero attached hydrogens (tertiary/aromatic N) is 1. The van der Waals surface area contributed by atoms with Crippen LogP contribution in [0.15, 0.2) is 71.3 Å². The van der Waals surface area contributed by atoms with Gasteiger partial charge < -0.3 is 9.63 Å². The minimum absolute atomic E-state index is 0.185. The van der Waals surface area contributed by atoms with E-state index in [0.29, 0.717) is 21.5 Å². The van der Waals surface area contributed by atoms with Crippen LogP contribution in [0.3, 0.4) is 0 Å². The fourth-order valence-corrected chi connectivity index (χ4v) is 3.47. The number of phenolic OH excluding ortho intramolecular Hbond substituents is 1. The first-order valence-electron chi connectivity index (χ1n) is 8.35. The van der Waals surface area contributed by atoms with Crippen molar-refractivity contribution in [1.82, 2.24) is 5.16 Å². The van der Waals surface area contributed by atoms with Gasteiger partial charge in [-0.2, -0.15) is 0 Å². The maximum atomic E-state index is 9.61. The largest absolute Gasteiger partial charge is 0.508 e. The molecule has 3 aromatic carbocycles. The molecule has 1 heterocycles. The van der Waals surface area contributed by atoms with Crippen molar-refractivity contribution in [3.8, 4) is 39.5 Å². The van der Waals surface area contributed by atoms with E-state index in [9.17, 15) is 5.11 Å². The molecule has 0 amide bonds. The minimum Gasteiger partial charge on any atom is -0.508 e. The summed E-state index contributed by atoms with van der Waals surface area (Å²) in [6.45, 7) is 1.96. The van der Waals surface area contributed by atoms with Crippen molar-refractivity contribution in [2.75, 3.05) is 0 Å². The number of aromatic nitrogens is 1. The number of benzene rings is 3. The molecule has 0 bridgehead atoms. The maximum Gasteiger partial charge on any atom is 0.175 e. The van der Waals surface area contributed by atoms with Crippen molar-refractivity contribution < 1.29 is 9.63 Å². The van der Waals surface area contributed by atoms with E-state index < -0.39 is 0 Å². The Balaban J connectivity index is 2.03. The third-order valence-electron chi connectivity index (χ3n) is 4.49. The fraction of sp³-hybridized carbons (Fsp3) is 0.0455. The Hall–Kier alpha value is -2.75. The molecule has 0 saturated heterocycles. The predicted octanol–water partition coefficient (Wildman–Crippen LogP) is 7.00. The van der Waals surface area contributed by atoms with Gasteiger partial charge in [-0.15, -0.1) is 0 Å². The first-order chi connectivity index (χ1) is 13.1. The Bertz CT molecular complexity index is 1120. The van der Waals surface area contributed by atoms with Crippen LogP contribution < -0.4 is 0 Å². The molecule has 0 spiro atoms. The molecular formula is C22H15Cl2NO2. The first kappa shape index (κ1) is 17.7. The number of phenols is 1. The summed E-state index contributed by atoms with van der Waals surface area (Å²) in [5, 5.41) is 15.2. The summed E-state index contributed by atoms with van der Waals surface area (Å²) in [5.74, 6) is 0.778. The molecule has 1 aromatic heterocycles. The summed E-state index contributed by atoms with van der Waals surface area (Å²) in [6.07, 6.45) is 0. The van der Waals surface area contributed by atoms with Gasteiger partial charge in [-0.1, -0.05) is 58.7 Å². The highest BCUT2D eigenvalue weighted by molar-refractivity contribution is 6.33. The van der Waals surface area contributed by atoms with Gasteiger partial charge in [0.2, 0.25) is 0 Å². The molecule has 5 heteroatoms. The highest BCUT2D eigenvalue weighted by atomic mass is 35.5. The van der Waals surface area contributed by atoms with Gasteiger partial charge in [-0.05, 0) is 54.4 Å². The van der Waals surface area contributed by atoms with E-state index in [-0.39, 0.29) is 5.75 Å². The summed E-state index contributed by atoms with van der Waals surface area (Å²) < 4.78 is 5.75. The summed E-state index contributed by atoms with van der Waals surface area (Å²) in [6, 6.07) is 20.0. The molecule has 0 saturated carbocycles. The standard InChI is InChI=1S/C22H15Cl2NO2/c1-13-16(6-4-8-18(13)23)20-21(17-5-2-3-7-19(17)24)25-27-22(20)14-9-11-15(26)12-10-14/h2-12,26H,1H3. The van der Waals surface area contributed by atoms with Crippen LogP contribution in [-0.2, 0) is 0 Å². The molecule has 0 fully saturated rings. The van der Waals surface area contributed by atoms with Gasteiger partial charge in [0.05, 0.1) is 10.6 Å². The second kappa shape index (κ2) is 7.10. The second-order valence-corrected chi connectivity index (χ2v) is 6.99. The van der Waals surface area contributed by atoms with Gasteiger partial charge in [0.25, 0.3) is 0 Å². The number of halogens is 2. The van der Waals surface area contributed by atoms with Crippen molar-refractivity contribution in [3.63, 3.8) is 0 Å². The quantitative estimate of drug-likeness (QED) is 0.406. The Morgan fingerprint density at radius 1 is 0.815 bits per heavy atom. The molecule has 0 atom stereocenters. The molecule has 0 aliphatic carbocycles. The molecule has 134 valence electrons. The number of rotatable bonds is 3. The molecule has 4 rings (SSSR count). The summed E-state index contributed by atoms with van der Waals surface area (Å²) >= 11 is 12.8. The fourth-order valence-electron chi connectivity index (χ4n) is 3.07. The van der Waals surface area contributed by atoms with Gasteiger partial charge in [-0.25, -0.2) is 0 Å². The Labute approximate surface area is 166 Å². The van der Waals surface area contributed by atoms with Crippen molar-refractivity contribution >= 4 is 23.2 Å². The van der Waals surface area contributed by atoms with Crippen molar-refractivity contribution in [3.05, 3.63) is 82.3 Å². The van der Waals surface area contributed by atoms with Crippen molar-refractivity contribution in [2.24, 2.45) is 0 Å². The lowest BCUT2D eigenvalue weighted by molar-refractivity contribution is 0.435. The zero-order valence-corrected chi connectivity index (χ0v) is 15.9. The van der Waals surface area contributed by atoms with E-state index in [1.807, 2.05) is 49.4 Å². The summed E-state index contributed by atoms with van der Waals surface area (Å²) in [5.41, 5.74) is 4.88. The normalized spacial score (nSPS) is 10.9. The topological polar surface area (TPSA) is 46.3 Å². The maximum absolute atomic E-state index is 9.61. The molecule has 0 aliphatic rings. The Morgan fingerprint density at radius 3 is 2.22 bits per heavy atom. The van der Waals surface area contributed by atoms with Gasteiger partial charge in [0.15, 0.2) is 5.76 Å². The van der Waals surface area contributed by atoms with Crippen LogP contribution >= 0.6 is 23.2 Å². The lowest BCUT2D eigenvalue weighted by atomic mass is 9.93. The van der Waals surface area contributed by atoms with Crippen LogP contribution in [0.2, 0.25) is 10.0 Å². The monoisotopic (exact) mass is 395 g/mol. The van der Waals surface area contributed by atoms with Crippen LogP contribution in [0.1, 0.15) is 5.56 Å². The van der Waals surface area contributed by atoms with E-state index in [1.54, 1.807) is 24.3 Å². The van der Waals surface area contributed by atoms with Crippen LogP contribution in [0.5, 0.6) is 5.75 Å². The number of hydrogen-bond acceptors (Lipinski definition) is 3. The zero-order chi connectivity index (χ0) is 19.0. The third-order valence-corrected chi connectivity index (χ3v) is 5.23. The molecule has 0 unspecified atom stereocenters. The highest BCUT2D eigenvalue weighted by Gasteiger charge is 2.23. The lowest BCUT2D eigenvalue weighted by Crippen LogP contribution is -1.89. The Kier molecular flexibility index (Phi) is 4.65. The number of hydrogen-bond donors (Lipinski definition) is 1. The summed E-state index contributed by atoms with van der Waals surface area (Å²) in [7, 11) is 0. The molecule has 3 nitrogen and oxygen atoms in total. The molecule has 4 aromatic rings. The molecular weight excluding hydrogens is 381 g/mol. The van der Waals surface area contributed by atoms with E-state index in [2.05, 4.69) is 5.16 Å². The molecule has 0 aliphatic heterocycles. The molecule has 1 N–H and O–H groups in total. The second-order valence-electron chi connectivity index (χ2n) is 6.17. The van der Waals surface area contributed by atoms with E-state index >= 15 is 0 Å². The van der Waals surface area contributed by atoms with Crippen LogP contribution in [0, 0.1) is 6.92 Å². The SMILES string of the molecule is Cc1c(Cl)cccc1-c1c(-c2ccccc2Cl)noc1-c1ccc(O)cc1. The average molecular weight is 396 g/mol. The van der Waals surface area contributed by atoms with Gasteiger partial charge in [0, 0.05) is 16.1 Å². The Morgan fingerprint density at radius 2 is 1.48 bits per heavy atom. The zero-order valence-electron chi connectivity index (χ0n) is 14.4. The van der Waals surface area contributed by atoms with Gasteiger partial charge >= 0.3 is 0 Å². The minimum atomic E-state index is 0.185. The third kappa shape index (κ3) is 3.20. The van der Waals surface area contributed by atoms with E-state index in [4.69, 9.17) is 27.7 Å². The van der Waals surface area contributed by atoms with Crippen molar-refractivity contribution in [2.45, 2.75) is 6.92 Å². The number of aromatic hydroxyl groups is 1. The van der Waals surface area contributed by atoms with Crippen LogP contribution in [0.4, 0.5) is 0 Å². The highest BCUT2D eigenvalue weighted by Crippen LogP contribution is 2.44. The van der Waals surface area contributed by atoms with Gasteiger partial charge in [0.1, 0.15) is 11.4 Å². The average Bonchev–Trinajstić information content (AvgIpc) is 3.09.